The lowest BCUT2D eigenvalue weighted by molar-refractivity contribution is -0.383. The van der Waals surface area contributed by atoms with Gasteiger partial charge in [-0.05, 0) is 44.2 Å². The first-order chi connectivity index (χ1) is 13.2. The van der Waals surface area contributed by atoms with E-state index in [0.29, 0.717) is 36.9 Å². The van der Waals surface area contributed by atoms with Crippen LogP contribution in [0.15, 0.2) is 24.5 Å². The molecular formula is C18H23N5O4. The second-order valence-corrected chi connectivity index (χ2v) is 6.83. The molecule has 2 aliphatic heterocycles. The number of hydrogen-bond acceptors (Lipinski definition) is 7. The predicted molar refractivity (Wildman–Crippen MR) is 98.4 cm³/mol. The lowest BCUT2D eigenvalue weighted by atomic mass is 10.1. The molecule has 144 valence electrons. The van der Waals surface area contributed by atoms with E-state index in [1.807, 2.05) is 0 Å². The van der Waals surface area contributed by atoms with E-state index < -0.39 is 0 Å². The van der Waals surface area contributed by atoms with Gasteiger partial charge in [0.15, 0.2) is 11.9 Å². The van der Waals surface area contributed by atoms with Crippen LogP contribution in [0.25, 0.3) is 11.4 Å². The largest absolute Gasteiger partial charge is 0.381 e. The molecule has 2 saturated heterocycles. The number of pyridine rings is 1. The normalized spacial score (nSPS) is 21.1. The van der Waals surface area contributed by atoms with Crippen molar-refractivity contribution in [1.82, 2.24) is 14.8 Å². The number of nitrogens with zero attached hydrogens (tertiary/aromatic N) is 4. The Bertz CT molecular complexity index is 797. The van der Waals surface area contributed by atoms with Gasteiger partial charge in [-0.3, -0.25) is 10.1 Å². The third kappa shape index (κ3) is 3.79. The summed E-state index contributed by atoms with van der Waals surface area (Å²) in [6.45, 7) is 2.00. The van der Waals surface area contributed by atoms with Crippen LogP contribution in [-0.2, 0) is 9.47 Å². The van der Waals surface area contributed by atoms with Crippen molar-refractivity contribution in [2.24, 2.45) is 0 Å². The van der Waals surface area contributed by atoms with Gasteiger partial charge >= 0.3 is 5.69 Å². The first kappa shape index (κ1) is 17.9. The molecule has 2 aliphatic rings. The van der Waals surface area contributed by atoms with E-state index in [0.717, 1.165) is 32.1 Å². The third-order valence-electron chi connectivity index (χ3n) is 5.03. The molecule has 2 aromatic heterocycles. The van der Waals surface area contributed by atoms with Crippen LogP contribution in [0.1, 0.15) is 38.3 Å². The summed E-state index contributed by atoms with van der Waals surface area (Å²) in [5, 5.41) is 19.6. The summed E-state index contributed by atoms with van der Waals surface area (Å²) in [6, 6.07) is 3.57. The number of rotatable bonds is 5. The van der Waals surface area contributed by atoms with Crippen molar-refractivity contribution in [3.05, 3.63) is 34.6 Å². The molecule has 0 bridgehead atoms. The molecule has 4 heterocycles. The number of ether oxygens (including phenoxy) is 2. The molecule has 27 heavy (non-hydrogen) atoms. The molecule has 0 saturated carbocycles. The summed E-state index contributed by atoms with van der Waals surface area (Å²) in [5.41, 5.74) is 1.36. The predicted octanol–water partition coefficient (Wildman–Crippen LogP) is 3.14. The second kappa shape index (κ2) is 8.01. The first-order valence-electron chi connectivity index (χ1n) is 9.37. The molecule has 1 unspecified atom stereocenters. The van der Waals surface area contributed by atoms with Crippen LogP contribution in [-0.4, -0.2) is 45.6 Å². The lowest BCUT2D eigenvalue weighted by Gasteiger charge is -2.25. The van der Waals surface area contributed by atoms with Crippen LogP contribution in [0.3, 0.4) is 0 Å². The van der Waals surface area contributed by atoms with E-state index in [1.165, 1.54) is 0 Å². The van der Waals surface area contributed by atoms with Crippen molar-refractivity contribution >= 4 is 11.4 Å². The van der Waals surface area contributed by atoms with Gasteiger partial charge in [0.05, 0.1) is 10.6 Å². The highest BCUT2D eigenvalue weighted by Crippen LogP contribution is 2.37. The number of hydrogen-bond donors (Lipinski definition) is 1. The first-order valence-corrected chi connectivity index (χ1v) is 9.37. The molecule has 1 atom stereocenters. The molecule has 0 spiro atoms. The summed E-state index contributed by atoms with van der Waals surface area (Å²) in [6.07, 6.45) is 7.58. The summed E-state index contributed by atoms with van der Waals surface area (Å²) < 4.78 is 12.9. The minimum atomic E-state index is -0.372. The third-order valence-corrected chi connectivity index (χ3v) is 5.03. The molecule has 1 N–H and O–H groups in total. The Labute approximate surface area is 156 Å². The summed E-state index contributed by atoms with van der Waals surface area (Å²) in [4.78, 5) is 15.9. The highest BCUT2D eigenvalue weighted by atomic mass is 16.6. The number of anilines is 1. The summed E-state index contributed by atoms with van der Waals surface area (Å²) in [7, 11) is 0. The Morgan fingerprint density at radius 3 is 2.74 bits per heavy atom. The van der Waals surface area contributed by atoms with Gasteiger partial charge in [0.1, 0.15) is 5.69 Å². The van der Waals surface area contributed by atoms with Crippen molar-refractivity contribution in [1.29, 1.82) is 0 Å². The van der Waals surface area contributed by atoms with Gasteiger partial charge in [-0.1, -0.05) is 0 Å². The van der Waals surface area contributed by atoms with Crippen LogP contribution >= 0.6 is 0 Å². The van der Waals surface area contributed by atoms with E-state index in [2.05, 4.69) is 15.4 Å². The second-order valence-electron chi connectivity index (χ2n) is 6.83. The van der Waals surface area contributed by atoms with Crippen LogP contribution in [0.2, 0.25) is 0 Å². The summed E-state index contributed by atoms with van der Waals surface area (Å²) >= 11 is 0. The Balaban J connectivity index is 1.70. The topological polar surface area (TPSA) is 104 Å². The van der Waals surface area contributed by atoms with Crippen LogP contribution in [0, 0.1) is 10.1 Å². The summed E-state index contributed by atoms with van der Waals surface area (Å²) in [5.74, 6) is 0. The van der Waals surface area contributed by atoms with Crippen LogP contribution in [0.4, 0.5) is 11.4 Å². The van der Waals surface area contributed by atoms with E-state index in [1.54, 1.807) is 29.2 Å². The average molecular weight is 373 g/mol. The van der Waals surface area contributed by atoms with Gasteiger partial charge in [0.2, 0.25) is 0 Å². The molecule has 2 aromatic rings. The lowest BCUT2D eigenvalue weighted by Crippen LogP contribution is -2.28. The molecular weight excluding hydrogens is 350 g/mol. The fourth-order valence-electron chi connectivity index (χ4n) is 3.65. The van der Waals surface area contributed by atoms with E-state index >= 15 is 0 Å². The zero-order valence-electron chi connectivity index (χ0n) is 15.0. The zero-order valence-corrected chi connectivity index (χ0v) is 15.0. The molecule has 4 rings (SSSR count). The van der Waals surface area contributed by atoms with Crippen molar-refractivity contribution in [2.45, 2.75) is 44.4 Å². The minimum Gasteiger partial charge on any atom is -0.381 e. The Morgan fingerprint density at radius 1 is 1.15 bits per heavy atom. The van der Waals surface area contributed by atoms with Crippen molar-refractivity contribution in [2.75, 3.05) is 25.1 Å². The Morgan fingerprint density at radius 2 is 2.00 bits per heavy atom. The molecule has 9 heteroatoms. The molecule has 0 amide bonds. The number of nitro groups is 1. The Kier molecular flexibility index (Phi) is 5.30. The van der Waals surface area contributed by atoms with Crippen LogP contribution in [0.5, 0.6) is 0 Å². The quantitative estimate of drug-likeness (QED) is 0.634. The maximum absolute atomic E-state index is 11.9. The molecule has 0 radical (unpaired) electrons. The van der Waals surface area contributed by atoms with E-state index in [4.69, 9.17) is 9.47 Å². The fraction of sp³-hybridized carbons (Fsp3) is 0.556. The van der Waals surface area contributed by atoms with E-state index in [9.17, 15) is 10.1 Å². The minimum absolute atomic E-state index is 0.0263. The van der Waals surface area contributed by atoms with Crippen LogP contribution < -0.4 is 5.32 Å². The van der Waals surface area contributed by atoms with Gasteiger partial charge < -0.3 is 14.8 Å². The average Bonchev–Trinajstić information content (AvgIpc) is 3.19. The van der Waals surface area contributed by atoms with Gasteiger partial charge in [-0.25, -0.2) is 9.67 Å². The van der Waals surface area contributed by atoms with Crippen molar-refractivity contribution in [3.63, 3.8) is 0 Å². The standard InChI is InChI=1S/C18H23N5O4/c24-23(25)18-14(21-13-6-11-26-12-7-13)4-8-19-17(18)15-5-9-20-22(15)16-3-1-2-10-27-16/h4-5,8-9,13,16H,1-3,6-7,10-12H2,(H,19,21). The van der Waals surface area contributed by atoms with Crippen molar-refractivity contribution < 1.29 is 14.4 Å². The smallest absolute Gasteiger partial charge is 0.319 e. The van der Waals surface area contributed by atoms with Crippen molar-refractivity contribution in [3.8, 4) is 11.4 Å². The molecule has 0 aliphatic carbocycles. The SMILES string of the molecule is O=[N+]([O-])c1c(NC2CCOCC2)ccnc1-c1ccnn1C1CCCCO1. The highest BCUT2D eigenvalue weighted by molar-refractivity contribution is 5.77. The monoisotopic (exact) mass is 373 g/mol. The molecule has 0 aromatic carbocycles. The zero-order chi connectivity index (χ0) is 18.6. The molecule has 9 nitrogen and oxygen atoms in total. The fourth-order valence-corrected chi connectivity index (χ4v) is 3.65. The van der Waals surface area contributed by atoms with Gasteiger partial charge in [0.25, 0.3) is 0 Å². The highest BCUT2D eigenvalue weighted by Gasteiger charge is 2.29. The Hall–Kier alpha value is -2.52. The maximum Gasteiger partial charge on any atom is 0.319 e. The van der Waals surface area contributed by atoms with Gasteiger partial charge in [0, 0.05) is 38.3 Å². The number of nitrogens with one attached hydrogen (secondary N) is 1. The van der Waals surface area contributed by atoms with Gasteiger partial charge in [-0.2, -0.15) is 5.10 Å². The number of aromatic nitrogens is 3. The maximum atomic E-state index is 11.9. The molecule has 2 fully saturated rings. The van der Waals surface area contributed by atoms with Gasteiger partial charge in [-0.15, -0.1) is 0 Å². The van der Waals surface area contributed by atoms with E-state index in [-0.39, 0.29) is 22.9 Å².